The summed E-state index contributed by atoms with van der Waals surface area (Å²) >= 11 is 0. The zero-order chi connectivity index (χ0) is 41.9. The van der Waals surface area contributed by atoms with Crippen LogP contribution in [0.3, 0.4) is 0 Å². The van der Waals surface area contributed by atoms with E-state index in [1.165, 1.54) is 70.6 Å². The minimum absolute atomic E-state index is 0.0103. The SMILES string of the molecule is C=C(N)NCC.CCCCCCCCC(CCCCCC)C(=O)OCCCCCCOC(=O)CNC(=O)CCCCCOC(=O)C(CCCC)CCCCCC. The van der Waals surface area contributed by atoms with Crippen molar-refractivity contribution >= 4 is 23.8 Å². The molecular weight excluding hydrogens is 707 g/mol. The molecule has 0 spiro atoms. The van der Waals surface area contributed by atoms with Crippen LogP contribution in [0.1, 0.15) is 214 Å². The highest BCUT2D eigenvalue weighted by molar-refractivity contribution is 5.81. The van der Waals surface area contributed by atoms with Crippen molar-refractivity contribution in [2.24, 2.45) is 17.6 Å². The first-order valence-corrected chi connectivity index (χ1v) is 23.1. The van der Waals surface area contributed by atoms with Crippen LogP contribution in [0, 0.1) is 11.8 Å². The zero-order valence-corrected chi connectivity index (χ0v) is 37.1. The van der Waals surface area contributed by atoms with Gasteiger partial charge in [-0.2, -0.15) is 0 Å². The van der Waals surface area contributed by atoms with Crippen molar-refractivity contribution in [1.29, 1.82) is 0 Å². The number of amides is 1. The van der Waals surface area contributed by atoms with Gasteiger partial charge in [0.05, 0.1) is 37.5 Å². The molecule has 0 bridgehead atoms. The van der Waals surface area contributed by atoms with E-state index in [2.05, 4.69) is 44.9 Å². The molecule has 56 heavy (non-hydrogen) atoms. The van der Waals surface area contributed by atoms with Gasteiger partial charge in [0.2, 0.25) is 5.91 Å². The summed E-state index contributed by atoms with van der Waals surface area (Å²) in [6, 6.07) is 0. The van der Waals surface area contributed by atoms with Gasteiger partial charge in [-0.1, -0.05) is 137 Å². The number of esters is 3. The van der Waals surface area contributed by atoms with Gasteiger partial charge >= 0.3 is 17.9 Å². The molecule has 1 amide bonds. The van der Waals surface area contributed by atoms with Gasteiger partial charge in [-0.15, -0.1) is 0 Å². The molecule has 0 fully saturated rings. The predicted octanol–water partition coefficient (Wildman–Crippen LogP) is 11.0. The molecule has 2 unspecified atom stereocenters. The average molecular weight is 796 g/mol. The summed E-state index contributed by atoms with van der Waals surface area (Å²) in [5.74, 6) is -0.105. The molecule has 0 radical (unpaired) electrons. The maximum absolute atomic E-state index is 12.8. The highest BCUT2D eigenvalue weighted by atomic mass is 16.5. The molecule has 0 heterocycles. The number of carbonyl (C=O) groups is 4. The Hall–Kier alpha value is -2.78. The van der Waals surface area contributed by atoms with E-state index < -0.39 is 5.97 Å². The monoisotopic (exact) mass is 796 g/mol. The minimum atomic E-state index is -0.429. The van der Waals surface area contributed by atoms with Crippen LogP contribution < -0.4 is 16.4 Å². The van der Waals surface area contributed by atoms with Gasteiger partial charge < -0.3 is 30.6 Å². The Morgan fingerprint density at radius 3 is 1.29 bits per heavy atom. The second-order valence-corrected chi connectivity index (χ2v) is 15.4. The van der Waals surface area contributed by atoms with Crippen LogP contribution in [0.4, 0.5) is 0 Å². The Morgan fingerprint density at radius 2 is 0.857 bits per heavy atom. The van der Waals surface area contributed by atoms with Crippen LogP contribution in [-0.2, 0) is 33.4 Å². The number of nitrogens with one attached hydrogen (secondary N) is 2. The number of hydrogen-bond acceptors (Lipinski definition) is 9. The molecule has 4 N–H and O–H groups in total. The Balaban J connectivity index is 0. The topological polar surface area (TPSA) is 146 Å². The van der Waals surface area contributed by atoms with Gasteiger partial charge in [0.25, 0.3) is 0 Å². The largest absolute Gasteiger partial charge is 0.465 e. The predicted molar refractivity (Wildman–Crippen MR) is 232 cm³/mol. The highest BCUT2D eigenvalue weighted by Crippen LogP contribution is 2.21. The zero-order valence-electron chi connectivity index (χ0n) is 37.1. The molecule has 0 aliphatic heterocycles. The molecule has 330 valence electrons. The number of nitrogens with two attached hydrogens (primary N) is 1. The molecule has 0 saturated carbocycles. The van der Waals surface area contributed by atoms with Gasteiger partial charge in [-0.25, -0.2) is 0 Å². The lowest BCUT2D eigenvalue weighted by Crippen LogP contribution is -2.30. The van der Waals surface area contributed by atoms with Crippen molar-refractivity contribution in [3.05, 3.63) is 12.4 Å². The molecular formula is C46H89N3O7. The fourth-order valence-corrected chi connectivity index (χ4v) is 6.44. The molecule has 0 rings (SSSR count). The lowest BCUT2D eigenvalue weighted by Gasteiger charge is -2.16. The third kappa shape index (κ3) is 39.5. The smallest absolute Gasteiger partial charge is 0.325 e. The summed E-state index contributed by atoms with van der Waals surface area (Å²) in [4.78, 5) is 49.5. The third-order valence-corrected chi connectivity index (χ3v) is 9.96. The van der Waals surface area contributed by atoms with Crippen LogP contribution in [0.2, 0.25) is 0 Å². The Bertz CT molecular complexity index is 946. The van der Waals surface area contributed by atoms with E-state index in [1.54, 1.807) is 0 Å². The lowest BCUT2D eigenvalue weighted by atomic mass is 9.94. The molecule has 0 aromatic carbocycles. The average Bonchev–Trinajstić information content (AvgIpc) is 3.18. The molecule has 0 aromatic heterocycles. The first-order valence-electron chi connectivity index (χ1n) is 23.1. The van der Waals surface area contributed by atoms with Gasteiger partial charge in [0, 0.05) is 13.0 Å². The van der Waals surface area contributed by atoms with Crippen molar-refractivity contribution in [1.82, 2.24) is 10.6 Å². The second-order valence-electron chi connectivity index (χ2n) is 15.4. The Kier molecular flexibility index (Phi) is 42.8. The first-order chi connectivity index (χ1) is 27.2. The molecule has 0 aromatic rings. The number of carbonyl (C=O) groups excluding carboxylic acids is 4. The van der Waals surface area contributed by atoms with Crippen LogP contribution in [0.5, 0.6) is 0 Å². The van der Waals surface area contributed by atoms with E-state index in [1.807, 2.05) is 6.92 Å². The normalized spacial score (nSPS) is 11.8. The van der Waals surface area contributed by atoms with Crippen molar-refractivity contribution in [3.63, 3.8) is 0 Å². The molecule has 0 aliphatic rings. The Labute approximate surface area is 344 Å². The summed E-state index contributed by atoms with van der Waals surface area (Å²) in [6.45, 7) is 16.1. The maximum Gasteiger partial charge on any atom is 0.325 e. The third-order valence-electron chi connectivity index (χ3n) is 9.96. The quantitative estimate of drug-likeness (QED) is 0.0314. The molecule has 10 heteroatoms. The number of unbranched alkanes of at least 4 members (excludes halogenated alkanes) is 17. The van der Waals surface area contributed by atoms with E-state index in [-0.39, 0.29) is 36.2 Å². The van der Waals surface area contributed by atoms with E-state index >= 15 is 0 Å². The maximum atomic E-state index is 12.8. The van der Waals surface area contributed by atoms with Crippen molar-refractivity contribution in [2.75, 3.05) is 32.9 Å². The summed E-state index contributed by atoms with van der Waals surface area (Å²) in [5, 5.41) is 5.43. The lowest BCUT2D eigenvalue weighted by molar-refractivity contribution is -0.150. The van der Waals surface area contributed by atoms with Gasteiger partial charge in [0.15, 0.2) is 0 Å². The highest BCUT2D eigenvalue weighted by Gasteiger charge is 2.20. The van der Waals surface area contributed by atoms with E-state index in [4.69, 9.17) is 19.9 Å². The van der Waals surface area contributed by atoms with E-state index in [0.29, 0.717) is 38.5 Å². The second kappa shape index (κ2) is 43.3. The number of hydrogen-bond donors (Lipinski definition) is 3. The van der Waals surface area contributed by atoms with Crippen molar-refractivity contribution < 1.29 is 33.4 Å². The van der Waals surface area contributed by atoms with Crippen LogP contribution in [-0.4, -0.2) is 56.7 Å². The molecule has 2 atom stereocenters. The molecule has 0 saturated heterocycles. The van der Waals surface area contributed by atoms with E-state index in [0.717, 1.165) is 103 Å². The summed E-state index contributed by atoms with van der Waals surface area (Å²) in [7, 11) is 0. The van der Waals surface area contributed by atoms with Gasteiger partial charge in [-0.05, 0) is 77.6 Å². The first kappa shape index (κ1) is 55.3. The van der Waals surface area contributed by atoms with Gasteiger partial charge in [-0.3, -0.25) is 19.2 Å². The fourth-order valence-electron chi connectivity index (χ4n) is 6.44. The Morgan fingerprint density at radius 1 is 0.482 bits per heavy atom. The number of ether oxygens (including phenoxy) is 3. The number of rotatable bonds is 39. The van der Waals surface area contributed by atoms with Crippen LogP contribution in [0.15, 0.2) is 12.4 Å². The van der Waals surface area contributed by atoms with E-state index in [9.17, 15) is 19.2 Å². The standard InChI is InChI=1S/C42H79NO7.C4H10N2/c1-5-9-13-16-17-23-31-38(30-22-15-11-7-3)42(47)49-34-26-19-18-25-33-48-40(45)36-43-39(44)32-24-20-27-35-50-41(46)37(28-12-8-4)29-21-14-10-6-2;1-3-6-4(2)5/h37-38H,5-36H2,1-4H3,(H,43,44);6H,2-3,5H2,1H3. The fraction of sp³-hybridized carbons (Fsp3) is 0.870. The summed E-state index contributed by atoms with van der Waals surface area (Å²) in [5.41, 5.74) is 5.10. The summed E-state index contributed by atoms with van der Waals surface area (Å²) in [6.07, 6.45) is 28.5. The van der Waals surface area contributed by atoms with Crippen LogP contribution >= 0.6 is 0 Å². The van der Waals surface area contributed by atoms with Gasteiger partial charge in [0.1, 0.15) is 6.54 Å². The molecule has 10 nitrogen and oxygen atoms in total. The summed E-state index contributed by atoms with van der Waals surface area (Å²) < 4.78 is 16.5. The molecule has 0 aliphatic carbocycles. The van der Waals surface area contributed by atoms with Crippen LogP contribution in [0.25, 0.3) is 0 Å². The van der Waals surface area contributed by atoms with Crippen molar-refractivity contribution in [2.45, 2.75) is 214 Å². The van der Waals surface area contributed by atoms with Crippen molar-refractivity contribution in [3.8, 4) is 0 Å². The minimum Gasteiger partial charge on any atom is -0.465 e.